The van der Waals surface area contributed by atoms with E-state index in [4.69, 9.17) is 9.47 Å². The number of benzene rings is 1. The summed E-state index contributed by atoms with van der Waals surface area (Å²) in [5.74, 6) is -2.28. The fourth-order valence-corrected chi connectivity index (χ4v) is 4.69. The first-order valence-electron chi connectivity index (χ1n) is 13.4. The Labute approximate surface area is 235 Å². The Morgan fingerprint density at radius 3 is 2.59 bits per heavy atom. The van der Waals surface area contributed by atoms with Crippen molar-refractivity contribution in [3.05, 3.63) is 111 Å². The SMILES string of the molecule is CCCc1ccc(=O)n(Cc2ccc(Cn3cc(C(=O)NCc4c(F)ccc(OC)c4F)c(C4COC4)n3)cn2)c1. The molecule has 4 aromatic rings. The summed E-state index contributed by atoms with van der Waals surface area (Å²) < 4.78 is 42.3. The normalized spacial score (nSPS) is 13.2. The molecule has 0 saturated carbocycles. The first-order valence-corrected chi connectivity index (χ1v) is 13.4. The highest BCUT2D eigenvalue weighted by atomic mass is 19.1. The van der Waals surface area contributed by atoms with E-state index in [1.807, 2.05) is 24.4 Å². The van der Waals surface area contributed by atoms with Gasteiger partial charge in [0.05, 0.1) is 56.3 Å². The molecular formula is C30H31F2N5O4. The Bertz CT molecular complexity index is 1600. The Hall–Kier alpha value is -4.38. The molecule has 3 aromatic heterocycles. The zero-order valence-electron chi connectivity index (χ0n) is 22.9. The third-order valence-electron chi connectivity index (χ3n) is 7.00. The quantitative estimate of drug-likeness (QED) is 0.298. The van der Waals surface area contributed by atoms with Crippen LogP contribution < -0.4 is 15.6 Å². The lowest BCUT2D eigenvalue weighted by Gasteiger charge is -2.25. The van der Waals surface area contributed by atoms with Gasteiger partial charge in [-0.1, -0.05) is 25.5 Å². The topological polar surface area (TPSA) is 100 Å². The van der Waals surface area contributed by atoms with Crippen molar-refractivity contribution in [2.24, 2.45) is 0 Å². The number of aryl methyl sites for hydroxylation is 1. The van der Waals surface area contributed by atoms with Gasteiger partial charge in [-0.2, -0.15) is 5.10 Å². The Morgan fingerprint density at radius 2 is 1.90 bits per heavy atom. The molecule has 1 aliphatic heterocycles. The van der Waals surface area contributed by atoms with Crippen molar-refractivity contribution >= 4 is 5.91 Å². The molecule has 1 amide bonds. The molecule has 41 heavy (non-hydrogen) atoms. The number of halogens is 2. The second kappa shape index (κ2) is 12.4. The van der Waals surface area contributed by atoms with Crippen LogP contribution >= 0.6 is 0 Å². The molecule has 4 heterocycles. The number of carbonyl (C=O) groups excluding carboxylic acids is 1. The second-order valence-corrected chi connectivity index (χ2v) is 10.00. The van der Waals surface area contributed by atoms with Gasteiger partial charge in [-0.3, -0.25) is 19.3 Å². The minimum absolute atomic E-state index is 0.0513. The second-order valence-electron chi connectivity index (χ2n) is 10.00. The largest absolute Gasteiger partial charge is 0.494 e. The van der Waals surface area contributed by atoms with Crippen molar-refractivity contribution in [2.75, 3.05) is 20.3 Å². The van der Waals surface area contributed by atoms with Crippen LogP contribution in [0.15, 0.2) is 59.8 Å². The van der Waals surface area contributed by atoms with E-state index in [1.165, 1.54) is 13.2 Å². The number of carbonyl (C=O) groups is 1. The molecular weight excluding hydrogens is 532 g/mol. The molecule has 1 aliphatic rings. The van der Waals surface area contributed by atoms with Gasteiger partial charge in [0.1, 0.15) is 5.82 Å². The van der Waals surface area contributed by atoms with Crippen LogP contribution in [-0.2, 0) is 30.8 Å². The van der Waals surface area contributed by atoms with Gasteiger partial charge < -0.3 is 19.4 Å². The molecule has 0 aliphatic carbocycles. The van der Waals surface area contributed by atoms with Gasteiger partial charge >= 0.3 is 0 Å². The summed E-state index contributed by atoms with van der Waals surface area (Å²) in [4.78, 5) is 29.9. The summed E-state index contributed by atoms with van der Waals surface area (Å²) in [5, 5.41) is 7.24. The highest BCUT2D eigenvalue weighted by Crippen LogP contribution is 2.27. The summed E-state index contributed by atoms with van der Waals surface area (Å²) in [6, 6.07) is 9.51. The number of aromatic nitrogens is 4. The van der Waals surface area contributed by atoms with E-state index in [2.05, 4.69) is 22.3 Å². The molecule has 0 bridgehead atoms. The minimum atomic E-state index is -0.856. The zero-order valence-corrected chi connectivity index (χ0v) is 22.9. The van der Waals surface area contributed by atoms with Crippen molar-refractivity contribution in [1.29, 1.82) is 0 Å². The summed E-state index contributed by atoms with van der Waals surface area (Å²) >= 11 is 0. The first kappa shape index (κ1) is 28.2. The third-order valence-corrected chi connectivity index (χ3v) is 7.00. The van der Waals surface area contributed by atoms with Gasteiger partial charge in [-0.05, 0) is 35.7 Å². The zero-order chi connectivity index (χ0) is 28.9. The van der Waals surface area contributed by atoms with Crippen molar-refractivity contribution < 1.29 is 23.0 Å². The van der Waals surface area contributed by atoms with Gasteiger partial charge in [0, 0.05) is 36.8 Å². The van der Waals surface area contributed by atoms with E-state index >= 15 is 0 Å². The van der Waals surface area contributed by atoms with Crippen LogP contribution in [0.3, 0.4) is 0 Å². The predicted octanol–water partition coefficient (Wildman–Crippen LogP) is 3.82. The molecule has 1 N–H and O–H groups in total. The Balaban J connectivity index is 1.29. The van der Waals surface area contributed by atoms with Crippen LogP contribution in [0.1, 0.15) is 57.7 Å². The van der Waals surface area contributed by atoms with Crippen LogP contribution in [0.4, 0.5) is 8.78 Å². The lowest BCUT2D eigenvalue weighted by Crippen LogP contribution is -2.30. The summed E-state index contributed by atoms with van der Waals surface area (Å²) in [7, 11) is 1.29. The number of nitrogens with zero attached hydrogens (tertiary/aromatic N) is 4. The molecule has 0 spiro atoms. The molecule has 0 atom stereocenters. The number of pyridine rings is 2. The molecule has 5 rings (SSSR count). The number of methoxy groups -OCH3 is 1. The van der Waals surface area contributed by atoms with Gasteiger partial charge in [-0.25, -0.2) is 8.78 Å². The maximum Gasteiger partial charge on any atom is 0.255 e. The standard InChI is InChI=1S/C30H31F2N5O4/c1-3-4-19-6-10-27(38)36(13-19)15-22-7-5-20(11-33-22)14-37-16-24(29(35-37)21-17-41-18-21)30(39)34-12-23-25(31)8-9-26(40-2)28(23)32/h5-11,13,16,21H,3-4,12,14-15,17-18H2,1-2H3,(H,34,39). The number of ether oxygens (including phenoxy) is 2. The number of hydrogen-bond acceptors (Lipinski definition) is 6. The van der Waals surface area contributed by atoms with E-state index in [9.17, 15) is 18.4 Å². The maximum absolute atomic E-state index is 14.6. The Kier molecular flexibility index (Phi) is 8.53. The smallest absolute Gasteiger partial charge is 0.255 e. The summed E-state index contributed by atoms with van der Waals surface area (Å²) in [6.45, 7) is 3.33. The maximum atomic E-state index is 14.6. The lowest BCUT2D eigenvalue weighted by molar-refractivity contribution is 0.00620. The van der Waals surface area contributed by atoms with Crippen molar-refractivity contribution in [1.82, 2.24) is 24.6 Å². The van der Waals surface area contributed by atoms with Gasteiger partial charge in [-0.15, -0.1) is 0 Å². The molecule has 1 aromatic carbocycles. The van der Waals surface area contributed by atoms with Crippen LogP contribution in [0.5, 0.6) is 5.75 Å². The van der Waals surface area contributed by atoms with Gasteiger partial charge in [0.2, 0.25) is 0 Å². The van der Waals surface area contributed by atoms with Gasteiger partial charge in [0.25, 0.3) is 11.5 Å². The first-order chi connectivity index (χ1) is 19.9. The van der Waals surface area contributed by atoms with E-state index in [0.717, 1.165) is 35.7 Å². The molecule has 0 unspecified atom stereocenters. The van der Waals surface area contributed by atoms with Crippen LogP contribution in [0.25, 0.3) is 0 Å². The highest BCUT2D eigenvalue weighted by molar-refractivity contribution is 5.95. The van der Waals surface area contributed by atoms with Crippen LogP contribution in [-0.4, -0.2) is 45.6 Å². The summed E-state index contributed by atoms with van der Waals surface area (Å²) in [6.07, 6.45) is 7.11. The highest BCUT2D eigenvalue weighted by Gasteiger charge is 2.29. The van der Waals surface area contributed by atoms with E-state index in [1.54, 1.807) is 27.7 Å². The molecule has 1 fully saturated rings. The van der Waals surface area contributed by atoms with Crippen molar-refractivity contribution in [3.8, 4) is 5.75 Å². The molecule has 9 nitrogen and oxygen atoms in total. The van der Waals surface area contributed by atoms with Crippen molar-refractivity contribution in [2.45, 2.75) is 45.3 Å². The average molecular weight is 564 g/mol. The van der Waals surface area contributed by atoms with Crippen LogP contribution in [0.2, 0.25) is 0 Å². The number of nitrogens with one attached hydrogen (secondary N) is 1. The van der Waals surface area contributed by atoms with Crippen LogP contribution in [0, 0.1) is 11.6 Å². The molecule has 11 heteroatoms. The van der Waals surface area contributed by atoms with Gasteiger partial charge in [0.15, 0.2) is 11.6 Å². The molecule has 214 valence electrons. The molecule has 1 saturated heterocycles. The van der Waals surface area contributed by atoms with E-state index in [-0.39, 0.29) is 29.3 Å². The number of hydrogen-bond donors (Lipinski definition) is 1. The van der Waals surface area contributed by atoms with E-state index < -0.39 is 17.5 Å². The third kappa shape index (κ3) is 6.35. The fraction of sp³-hybridized carbons (Fsp3) is 0.333. The summed E-state index contributed by atoms with van der Waals surface area (Å²) in [5.41, 5.74) is 3.22. The average Bonchev–Trinajstić information content (AvgIpc) is 3.33. The molecule has 0 radical (unpaired) electrons. The number of amides is 1. The number of rotatable bonds is 11. The predicted molar refractivity (Wildman–Crippen MR) is 147 cm³/mol. The monoisotopic (exact) mass is 563 g/mol. The minimum Gasteiger partial charge on any atom is -0.494 e. The van der Waals surface area contributed by atoms with Crippen molar-refractivity contribution in [3.63, 3.8) is 0 Å². The fourth-order valence-electron chi connectivity index (χ4n) is 4.69. The van der Waals surface area contributed by atoms with E-state index in [0.29, 0.717) is 37.6 Å². The lowest BCUT2D eigenvalue weighted by atomic mass is 10.00. The Morgan fingerprint density at radius 1 is 1.10 bits per heavy atom.